The van der Waals surface area contributed by atoms with E-state index in [1.54, 1.807) is 6.20 Å². The van der Waals surface area contributed by atoms with Crippen LogP contribution < -0.4 is 10.6 Å². The monoisotopic (exact) mass is 317 g/mol. The third-order valence-corrected chi connectivity index (χ3v) is 3.81. The van der Waals surface area contributed by atoms with E-state index in [0.717, 1.165) is 37.7 Å². The molecule has 0 fully saturated rings. The minimum atomic E-state index is 0.639. The van der Waals surface area contributed by atoms with Crippen LogP contribution in [0.4, 0.5) is 0 Å². The summed E-state index contributed by atoms with van der Waals surface area (Å²) in [5.74, 6) is 0.843. The summed E-state index contributed by atoms with van der Waals surface area (Å²) < 4.78 is 3.85. The van der Waals surface area contributed by atoms with Crippen LogP contribution in [0.1, 0.15) is 30.3 Å². The number of hydrogen-bond donors (Lipinski definition) is 2. The third kappa shape index (κ3) is 4.84. The quantitative estimate of drug-likeness (QED) is 0.460. The van der Waals surface area contributed by atoms with E-state index in [-0.39, 0.29) is 0 Å². The van der Waals surface area contributed by atoms with Gasteiger partial charge in [0.05, 0.1) is 12.2 Å². The minimum Gasteiger partial charge on any atom is -0.357 e. The maximum atomic E-state index is 4.67. The van der Waals surface area contributed by atoms with Crippen LogP contribution in [-0.2, 0) is 20.1 Å². The molecule has 7 nitrogen and oxygen atoms in total. The highest BCUT2D eigenvalue weighted by molar-refractivity contribution is 5.79. The Balaban J connectivity index is 1.86. The molecule has 0 aliphatic rings. The zero-order chi connectivity index (χ0) is 16.7. The number of guanidine groups is 1. The zero-order valence-corrected chi connectivity index (χ0v) is 14.5. The first-order chi connectivity index (χ1) is 11.1. The van der Waals surface area contributed by atoms with Crippen LogP contribution in [0.2, 0.25) is 0 Å². The third-order valence-electron chi connectivity index (χ3n) is 3.81. The molecule has 2 aromatic rings. The summed E-state index contributed by atoms with van der Waals surface area (Å²) in [5, 5.41) is 15.3. The predicted molar refractivity (Wildman–Crippen MR) is 92.3 cm³/mol. The molecule has 2 rings (SSSR count). The number of aryl methyl sites for hydroxylation is 3. The SMILES string of the molecule is CCNC(=NCc1c(C)nn(C)c1C)NCCCn1cccn1. The van der Waals surface area contributed by atoms with Crippen LogP contribution in [0.5, 0.6) is 0 Å². The number of aliphatic imine (C=N–C) groups is 1. The van der Waals surface area contributed by atoms with Crippen LogP contribution in [-0.4, -0.2) is 38.6 Å². The first-order valence-corrected chi connectivity index (χ1v) is 8.10. The number of nitrogens with one attached hydrogen (secondary N) is 2. The fraction of sp³-hybridized carbons (Fsp3) is 0.562. The molecule has 0 atom stereocenters. The van der Waals surface area contributed by atoms with Gasteiger partial charge in [0.2, 0.25) is 0 Å². The van der Waals surface area contributed by atoms with Crippen molar-refractivity contribution in [2.45, 2.75) is 40.3 Å². The molecule has 23 heavy (non-hydrogen) atoms. The van der Waals surface area contributed by atoms with Gasteiger partial charge in [0.25, 0.3) is 0 Å². The van der Waals surface area contributed by atoms with Crippen molar-refractivity contribution < 1.29 is 0 Å². The van der Waals surface area contributed by atoms with E-state index in [2.05, 4.69) is 39.7 Å². The van der Waals surface area contributed by atoms with Crippen molar-refractivity contribution in [3.63, 3.8) is 0 Å². The molecule has 0 radical (unpaired) electrons. The molecule has 0 saturated carbocycles. The van der Waals surface area contributed by atoms with E-state index < -0.39 is 0 Å². The minimum absolute atomic E-state index is 0.639. The molecule has 2 N–H and O–H groups in total. The lowest BCUT2D eigenvalue weighted by molar-refractivity contribution is 0.570. The van der Waals surface area contributed by atoms with Crippen molar-refractivity contribution in [1.82, 2.24) is 30.2 Å². The van der Waals surface area contributed by atoms with Gasteiger partial charge in [0.15, 0.2) is 5.96 Å². The molecular formula is C16H27N7. The van der Waals surface area contributed by atoms with Crippen molar-refractivity contribution in [2.75, 3.05) is 13.1 Å². The predicted octanol–water partition coefficient (Wildman–Crippen LogP) is 1.38. The standard InChI is InChI=1S/C16H27N7/c1-5-17-16(18-8-6-10-23-11-7-9-20-23)19-12-15-13(2)21-22(4)14(15)3/h7,9,11H,5-6,8,10,12H2,1-4H3,(H2,17,18,19). The smallest absolute Gasteiger partial charge is 0.191 e. The molecule has 0 amide bonds. The first-order valence-electron chi connectivity index (χ1n) is 8.10. The summed E-state index contributed by atoms with van der Waals surface area (Å²) in [6, 6.07) is 1.94. The van der Waals surface area contributed by atoms with Crippen molar-refractivity contribution in [2.24, 2.45) is 12.0 Å². The van der Waals surface area contributed by atoms with Crippen LogP contribution in [0.15, 0.2) is 23.5 Å². The maximum absolute atomic E-state index is 4.67. The Morgan fingerprint density at radius 1 is 1.30 bits per heavy atom. The molecule has 2 heterocycles. The van der Waals surface area contributed by atoms with Crippen molar-refractivity contribution in [1.29, 1.82) is 0 Å². The van der Waals surface area contributed by atoms with Gasteiger partial charge in [-0.1, -0.05) is 0 Å². The van der Waals surface area contributed by atoms with Gasteiger partial charge in [-0.25, -0.2) is 4.99 Å². The van der Waals surface area contributed by atoms with Gasteiger partial charge >= 0.3 is 0 Å². The van der Waals surface area contributed by atoms with Gasteiger partial charge in [-0.05, 0) is 33.3 Å². The Morgan fingerprint density at radius 3 is 2.74 bits per heavy atom. The Kier molecular flexibility index (Phi) is 6.19. The number of hydrogen-bond acceptors (Lipinski definition) is 3. The first kappa shape index (κ1) is 17.1. The molecule has 0 bridgehead atoms. The van der Waals surface area contributed by atoms with Crippen molar-refractivity contribution >= 4 is 5.96 Å². The zero-order valence-electron chi connectivity index (χ0n) is 14.5. The molecule has 0 aliphatic carbocycles. The highest BCUT2D eigenvalue weighted by Crippen LogP contribution is 2.12. The van der Waals surface area contributed by atoms with E-state index in [1.807, 2.05) is 35.6 Å². The van der Waals surface area contributed by atoms with E-state index >= 15 is 0 Å². The summed E-state index contributed by atoms with van der Waals surface area (Å²) >= 11 is 0. The second-order valence-electron chi connectivity index (χ2n) is 5.52. The Morgan fingerprint density at radius 2 is 2.13 bits per heavy atom. The second-order valence-corrected chi connectivity index (χ2v) is 5.52. The van der Waals surface area contributed by atoms with Gasteiger partial charge < -0.3 is 10.6 Å². The lowest BCUT2D eigenvalue weighted by Crippen LogP contribution is -2.38. The molecule has 0 aliphatic heterocycles. The van der Waals surface area contributed by atoms with Gasteiger partial charge in [-0.2, -0.15) is 10.2 Å². The number of nitrogens with zero attached hydrogens (tertiary/aromatic N) is 5. The summed E-state index contributed by atoms with van der Waals surface area (Å²) in [4.78, 5) is 4.67. The van der Waals surface area contributed by atoms with Crippen LogP contribution in [0.25, 0.3) is 0 Å². The summed E-state index contributed by atoms with van der Waals surface area (Å²) in [6.45, 7) is 9.42. The maximum Gasteiger partial charge on any atom is 0.191 e. The fourth-order valence-corrected chi connectivity index (χ4v) is 2.43. The summed E-state index contributed by atoms with van der Waals surface area (Å²) in [5.41, 5.74) is 3.41. The van der Waals surface area contributed by atoms with Gasteiger partial charge in [-0.15, -0.1) is 0 Å². The van der Waals surface area contributed by atoms with Crippen molar-refractivity contribution in [3.05, 3.63) is 35.4 Å². The highest BCUT2D eigenvalue weighted by Gasteiger charge is 2.08. The van der Waals surface area contributed by atoms with Crippen molar-refractivity contribution in [3.8, 4) is 0 Å². The molecule has 0 unspecified atom stereocenters. The average Bonchev–Trinajstić information content (AvgIpc) is 3.11. The molecule has 2 aromatic heterocycles. The van der Waals surface area contributed by atoms with E-state index in [4.69, 9.17) is 0 Å². The van der Waals surface area contributed by atoms with Gasteiger partial charge in [0.1, 0.15) is 0 Å². The van der Waals surface area contributed by atoms with Crippen LogP contribution >= 0.6 is 0 Å². The van der Waals surface area contributed by atoms with E-state index in [1.165, 1.54) is 11.3 Å². The molecule has 0 saturated heterocycles. The largest absolute Gasteiger partial charge is 0.357 e. The lowest BCUT2D eigenvalue weighted by Gasteiger charge is -2.11. The summed E-state index contributed by atoms with van der Waals surface area (Å²) in [7, 11) is 1.97. The van der Waals surface area contributed by atoms with E-state index in [0.29, 0.717) is 6.54 Å². The Labute approximate surface area is 137 Å². The normalized spacial score (nSPS) is 11.7. The molecular weight excluding hydrogens is 290 g/mol. The molecule has 7 heteroatoms. The number of rotatable bonds is 7. The average molecular weight is 317 g/mol. The van der Waals surface area contributed by atoms with Crippen LogP contribution in [0.3, 0.4) is 0 Å². The molecule has 0 aromatic carbocycles. The second kappa shape index (κ2) is 8.36. The van der Waals surface area contributed by atoms with E-state index in [9.17, 15) is 0 Å². The van der Waals surface area contributed by atoms with Crippen LogP contribution in [0, 0.1) is 13.8 Å². The highest BCUT2D eigenvalue weighted by atomic mass is 15.3. The molecule has 126 valence electrons. The van der Waals surface area contributed by atoms with Gasteiger partial charge in [0, 0.05) is 50.3 Å². The Hall–Kier alpha value is -2.31. The summed E-state index contributed by atoms with van der Waals surface area (Å²) in [6.07, 6.45) is 4.78. The Bertz CT molecular complexity index is 625. The van der Waals surface area contributed by atoms with Gasteiger partial charge in [-0.3, -0.25) is 9.36 Å². The fourth-order valence-electron chi connectivity index (χ4n) is 2.43. The number of aromatic nitrogens is 4. The topological polar surface area (TPSA) is 72.1 Å². The molecule has 0 spiro atoms. The lowest BCUT2D eigenvalue weighted by atomic mass is 10.2.